The average Bonchev–Trinajstić information content (AvgIpc) is 2.96. The van der Waals surface area contributed by atoms with Crippen molar-refractivity contribution < 1.29 is 14.3 Å². The molecule has 0 radical (unpaired) electrons. The van der Waals surface area contributed by atoms with Crippen LogP contribution in [-0.4, -0.2) is 31.3 Å². The third-order valence-electron chi connectivity index (χ3n) is 4.27. The Morgan fingerprint density at radius 2 is 1.90 bits per heavy atom. The molecule has 1 aromatic carbocycles. The fraction of sp³-hybridized carbons (Fsp3) is 0.562. The second kappa shape index (κ2) is 6.91. The van der Waals surface area contributed by atoms with Crippen LogP contribution in [0.15, 0.2) is 30.3 Å². The van der Waals surface area contributed by atoms with Crippen molar-refractivity contribution >= 4 is 5.97 Å². The highest BCUT2D eigenvalue weighted by molar-refractivity contribution is 5.76. The van der Waals surface area contributed by atoms with E-state index in [1.807, 2.05) is 30.3 Å². The van der Waals surface area contributed by atoms with Crippen LogP contribution in [0.3, 0.4) is 0 Å². The summed E-state index contributed by atoms with van der Waals surface area (Å²) in [6.07, 6.45) is 4.66. The molecule has 1 aliphatic heterocycles. The van der Waals surface area contributed by atoms with Gasteiger partial charge in [-0.15, -0.1) is 0 Å². The monoisotopic (exact) mass is 290 g/mol. The summed E-state index contributed by atoms with van der Waals surface area (Å²) in [6, 6.07) is 9.74. The quantitative estimate of drug-likeness (QED) is 0.638. The van der Waals surface area contributed by atoms with E-state index in [9.17, 15) is 4.79 Å². The standard InChI is InChI=1S/C16H22N2O3/c19-16(15-13-8-4-5-9-14(13)17-18-15)21-11-10-20-12-6-2-1-3-7-12/h1-3,6-7,13-15,17-18H,4-5,8-11H2. The maximum Gasteiger partial charge on any atom is 0.324 e. The van der Waals surface area contributed by atoms with Gasteiger partial charge in [-0.05, 0) is 25.0 Å². The number of hydrogen-bond donors (Lipinski definition) is 2. The smallest absolute Gasteiger partial charge is 0.324 e. The topological polar surface area (TPSA) is 59.6 Å². The van der Waals surface area contributed by atoms with Crippen LogP contribution >= 0.6 is 0 Å². The first-order valence-electron chi connectivity index (χ1n) is 7.70. The fourth-order valence-electron chi connectivity index (χ4n) is 3.18. The van der Waals surface area contributed by atoms with Gasteiger partial charge in [-0.1, -0.05) is 31.0 Å². The van der Waals surface area contributed by atoms with Gasteiger partial charge in [0.15, 0.2) is 0 Å². The zero-order chi connectivity index (χ0) is 14.5. The van der Waals surface area contributed by atoms with Gasteiger partial charge in [-0.2, -0.15) is 0 Å². The van der Waals surface area contributed by atoms with Crippen LogP contribution in [0.2, 0.25) is 0 Å². The van der Waals surface area contributed by atoms with E-state index < -0.39 is 0 Å². The number of fused-ring (bicyclic) bond motifs is 1. The van der Waals surface area contributed by atoms with Crippen LogP contribution in [-0.2, 0) is 9.53 Å². The van der Waals surface area contributed by atoms with E-state index in [2.05, 4.69) is 10.9 Å². The molecule has 1 aliphatic carbocycles. The number of benzene rings is 1. The summed E-state index contributed by atoms with van der Waals surface area (Å²) in [4.78, 5) is 12.1. The van der Waals surface area contributed by atoms with Crippen LogP contribution in [0, 0.1) is 5.92 Å². The zero-order valence-electron chi connectivity index (χ0n) is 12.1. The van der Waals surface area contributed by atoms with Gasteiger partial charge in [0.25, 0.3) is 0 Å². The molecular formula is C16H22N2O3. The minimum absolute atomic E-state index is 0.173. The number of nitrogens with one attached hydrogen (secondary N) is 2. The number of carbonyl (C=O) groups excluding carboxylic acids is 1. The fourth-order valence-corrected chi connectivity index (χ4v) is 3.18. The van der Waals surface area contributed by atoms with Gasteiger partial charge in [-0.25, -0.2) is 5.43 Å². The van der Waals surface area contributed by atoms with Gasteiger partial charge >= 0.3 is 5.97 Å². The molecule has 0 bridgehead atoms. The Labute approximate surface area is 125 Å². The molecule has 2 fully saturated rings. The predicted octanol–water partition coefficient (Wildman–Crippen LogP) is 1.64. The lowest BCUT2D eigenvalue weighted by Crippen LogP contribution is -2.40. The number of rotatable bonds is 5. The molecule has 3 unspecified atom stereocenters. The minimum Gasteiger partial charge on any atom is -0.490 e. The molecule has 2 aliphatic rings. The van der Waals surface area contributed by atoms with E-state index >= 15 is 0 Å². The number of hydrazine groups is 1. The summed E-state index contributed by atoms with van der Waals surface area (Å²) in [5.41, 5.74) is 6.32. The Balaban J connectivity index is 1.40. The second-order valence-corrected chi connectivity index (χ2v) is 5.65. The Bertz CT molecular complexity index is 466. The lowest BCUT2D eigenvalue weighted by atomic mass is 9.82. The first kappa shape index (κ1) is 14.4. The molecule has 0 aromatic heterocycles. The molecule has 3 atom stereocenters. The molecule has 21 heavy (non-hydrogen) atoms. The highest BCUT2D eigenvalue weighted by Gasteiger charge is 2.41. The van der Waals surface area contributed by atoms with Crippen molar-refractivity contribution in [2.45, 2.75) is 37.8 Å². The molecule has 0 amide bonds. The van der Waals surface area contributed by atoms with E-state index in [0.29, 0.717) is 18.6 Å². The van der Waals surface area contributed by atoms with Crippen molar-refractivity contribution in [3.05, 3.63) is 30.3 Å². The SMILES string of the molecule is O=C(OCCOc1ccccc1)C1NNC2CCCCC21. The lowest BCUT2D eigenvalue weighted by Gasteiger charge is -2.26. The normalized spacial score (nSPS) is 27.9. The van der Waals surface area contributed by atoms with E-state index in [0.717, 1.165) is 18.6 Å². The summed E-state index contributed by atoms with van der Waals surface area (Å²) < 4.78 is 10.8. The predicted molar refractivity (Wildman–Crippen MR) is 78.7 cm³/mol. The Morgan fingerprint density at radius 3 is 2.76 bits per heavy atom. The molecule has 1 saturated heterocycles. The van der Waals surface area contributed by atoms with E-state index in [4.69, 9.17) is 9.47 Å². The van der Waals surface area contributed by atoms with E-state index in [1.54, 1.807) is 0 Å². The molecule has 1 saturated carbocycles. The lowest BCUT2D eigenvalue weighted by molar-refractivity contribution is -0.147. The van der Waals surface area contributed by atoms with Crippen molar-refractivity contribution in [1.82, 2.24) is 10.9 Å². The van der Waals surface area contributed by atoms with E-state index in [1.165, 1.54) is 12.8 Å². The largest absolute Gasteiger partial charge is 0.490 e. The van der Waals surface area contributed by atoms with Crippen LogP contribution in [0.25, 0.3) is 0 Å². The molecule has 1 aromatic rings. The van der Waals surface area contributed by atoms with Crippen LogP contribution in [0.5, 0.6) is 5.75 Å². The van der Waals surface area contributed by atoms with E-state index in [-0.39, 0.29) is 18.6 Å². The summed E-state index contributed by atoms with van der Waals surface area (Å²) in [6.45, 7) is 0.660. The third-order valence-corrected chi connectivity index (χ3v) is 4.27. The first-order valence-corrected chi connectivity index (χ1v) is 7.70. The van der Waals surface area contributed by atoms with Crippen molar-refractivity contribution in [3.63, 3.8) is 0 Å². The van der Waals surface area contributed by atoms with Crippen LogP contribution in [0.1, 0.15) is 25.7 Å². The zero-order valence-corrected chi connectivity index (χ0v) is 12.1. The Morgan fingerprint density at radius 1 is 1.10 bits per heavy atom. The Kier molecular flexibility index (Phi) is 4.72. The maximum absolute atomic E-state index is 12.1. The maximum atomic E-state index is 12.1. The molecule has 5 nitrogen and oxygen atoms in total. The van der Waals surface area contributed by atoms with Gasteiger partial charge < -0.3 is 9.47 Å². The van der Waals surface area contributed by atoms with Crippen molar-refractivity contribution in [2.24, 2.45) is 5.92 Å². The summed E-state index contributed by atoms with van der Waals surface area (Å²) in [5.74, 6) is 0.983. The molecule has 114 valence electrons. The average molecular weight is 290 g/mol. The van der Waals surface area contributed by atoms with Gasteiger partial charge in [0.2, 0.25) is 0 Å². The molecule has 0 spiro atoms. The minimum atomic E-state index is -0.216. The number of hydrogen-bond acceptors (Lipinski definition) is 5. The molecule has 5 heteroatoms. The van der Waals surface area contributed by atoms with Crippen molar-refractivity contribution in [2.75, 3.05) is 13.2 Å². The number of ether oxygens (including phenoxy) is 2. The molecule has 3 rings (SSSR count). The number of para-hydroxylation sites is 1. The van der Waals surface area contributed by atoms with Gasteiger partial charge in [-0.3, -0.25) is 10.2 Å². The van der Waals surface area contributed by atoms with Gasteiger partial charge in [0.05, 0.1) is 0 Å². The number of esters is 1. The summed E-state index contributed by atoms with van der Waals surface area (Å²) >= 11 is 0. The van der Waals surface area contributed by atoms with Crippen molar-refractivity contribution in [1.29, 1.82) is 0 Å². The van der Waals surface area contributed by atoms with Gasteiger partial charge in [0.1, 0.15) is 25.0 Å². The number of carbonyl (C=O) groups is 1. The summed E-state index contributed by atoms with van der Waals surface area (Å²) in [5, 5.41) is 0. The van der Waals surface area contributed by atoms with Crippen LogP contribution < -0.4 is 15.6 Å². The highest BCUT2D eigenvalue weighted by atomic mass is 16.6. The van der Waals surface area contributed by atoms with Crippen LogP contribution in [0.4, 0.5) is 0 Å². The first-order chi connectivity index (χ1) is 10.3. The molecular weight excluding hydrogens is 268 g/mol. The van der Waals surface area contributed by atoms with Crippen molar-refractivity contribution in [3.8, 4) is 5.75 Å². The molecule has 2 N–H and O–H groups in total. The molecule has 1 heterocycles. The van der Waals surface area contributed by atoms with Gasteiger partial charge in [0, 0.05) is 12.0 Å². The summed E-state index contributed by atoms with van der Waals surface area (Å²) in [7, 11) is 0. The second-order valence-electron chi connectivity index (χ2n) is 5.65. The highest BCUT2D eigenvalue weighted by Crippen LogP contribution is 2.30. The Hall–Kier alpha value is -1.59. The third kappa shape index (κ3) is 3.54.